The van der Waals surface area contributed by atoms with Gasteiger partial charge in [0.1, 0.15) is 0 Å². The summed E-state index contributed by atoms with van der Waals surface area (Å²) < 4.78 is 0. The van der Waals surface area contributed by atoms with Crippen molar-refractivity contribution < 1.29 is 9.59 Å². The second kappa shape index (κ2) is 7.00. The van der Waals surface area contributed by atoms with Crippen LogP contribution in [0.5, 0.6) is 0 Å². The second-order valence-corrected chi connectivity index (χ2v) is 8.36. The summed E-state index contributed by atoms with van der Waals surface area (Å²) in [7, 11) is 3.61. The fourth-order valence-electron chi connectivity index (χ4n) is 4.59. The molecule has 1 aromatic heterocycles. The lowest BCUT2D eigenvalue weighted by Gasteiger charge is -2.40. The molecule has 0 saturated carbocycles. The molecule has 0 radical (unpaired) electrons. The van der Waals surface area contributed by atoms with Crippen molar-refractivity contribution in [3.05, 3.63) is 36.0 Å². The van der Waals surface area contributed by atoms with E-state index in [9.17, 15) is 9.59 Å². The number of benzene rings is 1. The number of amides is 2. The lowest BCUT2D eigenvalue weighted by Crippen LogP contribution is -2.48. The molecular formula is C21H28N4O2. The van der Waals surface area contributed by atoms with Crippen LogP contribution < -0.4 is 0 Å². The third-order valence-corrected chi connectivity index (χ3v) is 6.12. The Bertz CT molecular complexity index is 859. The van der Waals surface area contributed by atoms with E-state index in [1.54, 1.807) is 19.0 Å². The highest BCUT2D eigenvalue weighted by Crippen LogP contribution is 2.39. The number of carbonyl (C=O) groups excluding carboxylic acids is 2. The van der Waals surface area contributed by atoms with Gasteiger partial charge in [-0.1, -0.05) is 0 Å². The highest BCUT2D eigenvalue weighted by atomic mass is 16.2. The zero-order chi connectivity index (χ0) is 19.0. The number of piperidine rings is 1. The molecule has 2 aromatic rings. The van der Waals surface area contributed by atoms with Crippen LogP contribution >= 0.6 is 0 Å². The van der Waals surface area contributed by atoms with Crippen LogP contribution in [-0.4, -0.2) is 78.3 Å². The first-order chi connectivity index (χ1) is 13.0. The number of aromatic nitrogens is 1. The van der Waals surface area contributed by atoms with E-state index in [1.165, 1.54) is 0 Å². The summed E-state index contributed by atoms with van der Waals surface area (Å²) in [5.41, 5.74) is 1.95. The molecule has 2 amide bonds. The third-order valence-electron chi connectivity index (χ3n) is 6.12. The summed E-state index contributed by atoms with van der Waals surface area (Å²) in [6.07, 6.45) is 5.16. The molecule has 27 heavy (non-hydrogen) atoms. The molecule has 2 aliphatic heterocycles. The standard InChI is InChI=1S/C21H28N4O2/c1-23(2)19(26)13-24-10-3-7-21(14-24)8-11-25(15-21)20(27)17-4-5-18-16(12-17)6-9-22-18/h4-6,9,12,22H,3,7-8,10-11,13-15H2,1-2H3/t21-/m1/s1. The van der Waals surface area contributed by atoms with E-state index in [0.29, 0.717) is 6.54 Å². The number of likely N-dealkylation sites (tertiary alicyclic amines) is 2. The van der Waals surface area contributed by atoms with Crippen molar-refractivity contribution in [3.63, 3.8) is 0 Å². The first-order valence-electron chi connectivity index (χ1n) is 9.75. The zero-order valence-electron chi connectivity index (χ0n) is 16.2. The molecule has 2 saturated heterocycles. The Hall–Kier alpha value is -2.34. The van der Waals surface area contributed by atoms with Gasteiger partial charge in [-0.3, -0.25) is 14.5 Å². The molecule has 1 atom stereocenters. The van der Waals surface area contributed by atoms with Gasteiger partial charge in [0.05, 0.1) is 6.54 Å². The highest BCUT2D eigenvalue weighted by molar-refractivity contribution is 5.98. The number of nitrogens with zero attached hydrogens (tertiary/aromatic N) is 3. The SMILES string of the molecule is CN(C)C(=O)CN1CCC[C@@]2(CCN(C(=O)c3ccc4[nH]ccc4c3)C2)C1. The molecule has 144 valence electrons. The summed E-state index contributed by atoms with van der Waals surface area (Å²) >= 11 is 0. The molecule has 4 rings (SSSR count). The van der Waals surface area contributed by atoms with Crippen LogP contribution in [0.3, 0.4) is 0 Å². The minimum Gasteiger partial charge on any atom is -0.361 e. The number of nitrogens with one attached hydrogen (secondary N) is 1. The van der Waals surface area contributed by atoms with Gasteiger partial charge < -0.3 is 14.8 Å². The van der Waals surface area contributed by atoms with Crippen molar-refractivity contribution in [2.75, 3.05) is 46.8 Å². The predicted molar refractivity (Wildman–Crippen MR) is 106 cm³/mol. The van der Waals surface area contributed by atoms with Gasteiger partial charge in [0.25, 0.3) is 5.91 Å². The molecule has 1 spiro atoms. The maximum atomic E-state index is 13.0. The summed E-state index contributed by atoms with van der Waals surface area (Å²) in [5.74, 6) is 0.272. The smallest absolute Gasteiger partial charge is 0.253 e. The van der Waals surface area contributed by atoms with Crippen LogP contribution in [0.15, 0.2) is 30.5 Å². The zero-order valence-corrected chi connectivity index (χ0v) is 16.2. The number of rotatable bonds is 3. The van der Waals surface area contributed by atoms with Gasteiger partial charge in [-0.25, -0.2) is 0 Å². The minimum atomic E-state index is 0.122. The molecule has 2 fully saturated rings. The van der Waals surface area contributed by atoms with E-state index >= 15 is 0 Å². The first kappa shape index (κ1) is 18.0. The third kappa shape index (κ3) is 3.58. The maximum absolute atomic E-state index is 13.0. The molecule has 3 heterocycles. The summed E-state index contributed by atoms with van der Waals surface area (Å²) in [6.45, 7) is 3.96. The minimum absolute atomic E-state index is 0.122. The van der Waals surface area contributed by atoms with Gasteiger partial charge in [-0.15, -0.1) is 0 Å². The molecule has 1 N–H and O–H groups in total. The Morgan fingerprint density at radius 1 is 1.15 bits per heavy atom. The Morgan fingerprint density at radius 2 is 2.00 bits per heavy atom. The van der Waals surface area contributed by atoms with Crippen molar-refractivity contribution in [1.82, 2.24) is 19.7 Å². The maximum Gasteiger partial charge on any atom is 0.253 e. The van der Waals surface area contributed by atoms with Crippen molar-refractivity contribution in [2.45, 2.75) is 19.3 Å². The van der Waals surface area contributed by atoms with Crippen LogP contribution in [0.1, 0.15) is 29.6 Å². The van der Waals surface area contributed by atoms with Crippen molar-refractivity contribution in [1.29, 1.82) is 0 Å². The van der Waals surface area contributed by atoms with E-state index < -0.39 is 0 Å². The normalized spacial score (nSPS) is 23.3. The molecule has 0 aliphatic carbocycles. The van der Waals surface area contributed by atoms with Crippen molar-refractivity contribution in [2.24, 2.45) is 5.41 Å². The fourth-order valence-corrected chi connectivity index (χ4v) is 4.59. The Labute approximate surface area is 160 Å². The molecule has 2 aliphatic rings. The van der Waals surface area contributed by atoms with Gasteiger partial charge in [0.2, 0.25) is 5.91 Å². The quantitative estimate of drug-likeness (QED) is 0.903. The molecule has 0 bridgehead atoms. The summed E-state index contributed by atoms with van der Waals surface area (Å²) in [5, 5.41) is 1.07. The monoisotopic (exact) mass is 368 g/mol. The van der Waals surface area contributed by atoms with E-state index in [1.807, 2.05) is 35.4 Å². The van der Waals surface area contributed by atoms with Crippen molar-refractivity contribution >= 4 is 22.7 Å². The number of hydrogen-bond donors (Lipinski definition) is 1. The van der Waals surface area contributed by atoms with Crippen LogP contribution in [0.25, 0.3) is 10.9 Å². The number of hydrogen-bond acceptors (Lipinski definition) is 3. The topological polar surface area (TPSA) is 59.7 Å². The van der Waals surface area contributed by atoms with Crippen LogP contribution in [0.4, 0.5) is 0 Å². The average molecular weight is 368 g/mol. The van der Waals surface area contributed by atoms with Gasteiger partial charge in [-0.05, 0) is 50.1 Å². The van der Waals surface area contributed by atoms with Crippen LogP contribution in [0, 0.1) is 5.41 Å². The fraction of sp³-hybridized carbons (Fsp3) is 0.524. The average Bonchev–Trinajstić information content (AvgIpc) is 3.27. The van der Waals surface area contributed by atoms with Crippen LogP contribution in [0.2, 0.25) is 0 Å². The molecule has 6 heteroatoms. The Balaban J connectivity index is 1.44. The number of likely N-dealkylation sites (N-methyl/N-ethyl adjacent to an activating group) is 1. The highest BCUT2D eigenvalue weighted by Gasteiger charge is 2.43. The largest absolute Gasteiger partial charge is 0.361 e. The van der Waals surface area contributed by atoms with Gasteiger partial charge in [-0.2, -0.15) is 0 Å². The van der Waals surface area contributed by atoms with E-state index in [2.05, 4.69) is 9.88 Å². The molecule has 0 unspecified atom stereocenters. The predicted octanol–water partition coefficient (Wildman–Crippen LogP) is 2.18. The van der Waals surface area contributed by atoms with E-state index in [4.69, 9.17) is 0 Å². The van der Waals surface area contributed by atoms with E-state index in [0.717, 1.165) is 61.9 Å². The number of aromatic amines is 1. The van der Waals surface area contributed by atoms with Crippen molar-refractivity contribution in [3.8, 4) is 0 Å². The number of carbonyl (C=O) groups is 2. The summed E-state index contributed by atoms with van der Waals surface area (Å²) in [6, 6.07) is 7.86. The van der Waals surface area contributed by atoms with Gasteiger partial charge in [0, 0.05) is 61.8 Å². The lowest BCUT2D eigenvalue weighted by atomic mass is 9.79. The molecular weight excluding hydrogens is 340 g/mol. The molecule has 6 nitrogen and oxygen atoms in total. The van der Waals surface area contributed by atoms with Gasteiger partial charge in [0.15, 0.2) is 0 Å². The summed E-state index contributed by atoms with van der Waals surface area (Å²) in [4.78, 5) is 34.2. The van der Waals surface area contributed by atoms with E-state index in [-0.39, 0.29) is 17.2 Å². The Morgan fingerprint density at radius 3 is 2.81 bits per heavy atom. The Kier molecular flexibility index (Phi) is 4.68. The molecule has 1 aromatic carbocycles. The first-order valence-corrected chi connectivity index (χ1v) is 9.75. The lowest BCUT2D eigenvalue weighted by molar-refractivity contribution is -0.130. The number of H-pyrrole nitrogens is 1. The van der Waals surface area contributed by atoms with Gasteiger partial charge >= 0.3 is 0 Å². The number of fused-ring (bicyclic) bond motifs is 1. The van der Waals surface area contributed by atoms with Crippen LogP contribution in [-0.2, 0) is 4.79 Å². The second-order valence-electron chi connectivity index (χ2n) is 8.36.